The fraction of sp³-hybridized carbons (Fsp3) is 0.273. The first-order valence-corrected chi connectivity index (χ1v) is 4.46. The number of methoxy groups -OCH3 is 1. The van der Waals surface area contributed by atoms with Crippen LogP contribution in [-0.4, -0.2) is 13.7 Å². The molecule has 1 N–H and O–H groups in total. The van der Waals surface area contributed by atoms with Gasteiger partial charge >= 0.3 is 0 Å². The van der Waals surface area contributed by atoms with Crippen LogP contribution >= 0.6 is 0 Å². The molecule has 1 aromatic rings. The summed E-state index contributed by atoms with van der Waals surface area (Å²) in [6, 6.07) is 7.75. The van der Waals surface area contributed by atoms with Crippen molar-refractivity contribution in [3.63, 3.8) is 0 Å². The molecule has 0 fully saturated rings. The van der Waals surface area contributed by atoms with Crippen molar-refractivity contribution >= 4 is 0 Å². The zero-order chi connectivity index (χ0) is 10.2. The molecule has 0 radical (unpaired) electrons. The second-order valence-corrected chi connectivity index (χ2v) is 2.80. The summed E-state index contributed by atoms with van der Waals surface area (Å²) in [4.78, 5) is 0. The summed E-state index contributed by atoms with van der Waals surface area (Å²) in [5, 5.41) is 3.07. The molecule has 0 amide bonds. The van der Waals surface area contributed by atoms with Crippen molar-refractivity contribution in [2.75, 3.05) is 13.7 Å². The Morgan fingerprint density at radius 2 is 2.21 bits per heavy atom. The van der Waals surface area contributed by atoms with Gasteiger partial charge in [0.1, 0.15) is 5.75 Å². The normalized spacial score (nSPS) is 10.7. The quantitative estimate of drug-likeness (QED) is 0.728. The SMILES string of the molecule is COc1ccccc1CNCC=CF. The van der Waals surface area contributed by atoms with Gasteiger partial charge in [-0.25, -0.2) is 4.39 Å². The van der Waals surface area contributed by atoms with Crippen LogP contribution in [0.15, 0.2) is 36.7 Å². The number of para-hydroxylation sites is 1. The van der Waals surface area contributed by atoms with Crippen molar-refractivity contribution in [1.29, 1.82) is 0 Å². The Labute approximate surface area is 83.4 Å². The van der Waals surface area contributed by atoms with Gasteiger partial charge in [0.05, 0.1) is 13.4 Å². The van der Waals surface area contributed by atoms with Crippen molar-refractivity contribution in [1.82, 2.24) is 5.32 Å². The number of halogens is 1. The first kappa shape index (κ1) is 10.7. The zero-order valence-corrected chi connectivity index (χ0v) is 8.16. The van der Waals surface area contributed by atoms with Gasteiger partial charge < -0.3 is 10.1 Å². The molecule has 0 aliphatic carbocycles. The molecule has 14 heavy (non-hydrogen) atoms. The van der Waals surface area contributed by atoms with Crippen molar-refractivity contribution < 1.29 is 9.13 Å². The third kappa shape index (κ3) is 3.18. The van der Waals surface area contributed by atoms with Crippen LogP contribution < -0.4 is 10.1 Å². The Morgan fingerprint density at radius 1 is 1.43 bits per heavy atom. The molecule has 1 aromatic carbocycles. The number of ether oxygens (including phenoxy) is 1. The van der Waals surface area contributed by atoms with Gasteiger partial charge in [0.25, 0.3) is 0 Å². The average molecular weight is 195 g/mol. The minimum absolute atomic E-state index is 0.522. The number of rotatable bonds is 5. The fourth-order valence-electron chi connectivity index (χ4n) is 1.18. The summed E-state index contributed by atoms with van der Waals surface area (Å²) in [5.74, 6) is 0.851. The molecule has 0 aromatic heterocycles. The second-order valence-electron chi connectivity index (χ2n) is 2.80. The Kier molecular flexibility index (Phi) is 4.72. The highest BCUT2D eigenvalue weighted by Gasteiger charge is 1.98. The molecule has 0 bridgehead atoms. The lowest BCUT2D eigenvalue weighted by molar-refractivity contribution is 0.408. The van der Waals surface area contributed by atoms with Gasteiger partial charge in [0, 0.05) is 18.7 Å². The topological polar surface area (TPSA) is 21.3 Å². The van der Waals surface area contributed by atoms with Crippen LogP contribution in [0.1, 0.15) is 5.56 Å². The Morgan fingerprint density at radius 3 is 2.93 bits per heavy atom. The van der Waals surface area contributed by atoms with E-state index in [4.69, 9.17) is 4.74 Å². The van der Waals surface area contributed by atoms with Crippen molar-refractivity contribution in [3.8, 4) is 5.75 Å². The molecule has 76 valence electrons. The van der Waals surface area contributed by atoms with Crippen LogP contribution in [0, 0.1) is 0 Å². The molecule has 0 spiro atoms. The van der Waals surface area contributed by atoms with Crippen LogP contribution in [0.4, 0.5) is 4.39 Å². The van der Waals surface area contributed by atoms with Crippen LogP contribution in [0.2, 0.25) is 0 Å². The van der Waals surface area contributed by atoms with Gasteiger partial charge in [-0.1, -0.05) is 18.2 Å². The highest BCUT2D eigenvalue weighted by atomic mass is 19.1. The maximum absolute atomic E-state index is 11.6. The van der Waals surface area contributed by atoms with E-state index in [1.165, 1.54) is 6.08 Å². The van der Waals surface area contributed by atoms with E-state index in [1.54, 1.807) is 7.11 Å². The predicted octanol–water partition coefficient (Wildman–Crippen LogP) is 2.27. The summed E-state index contributed by atoms with van der Waals surface area (Å²) in [6.45, 7) is 1.20. The van der Waals surface area contributed by atoms with Crippen molar-refractivity contribution in [2.24, 2.45) is 0 Å². The molecule has 0 unspecified atom stereocenters. The smallest absolute Gasteiger partial charge is 0.123 e. The first-order chi connectivity index (χ1) is 6.88. The van der Waals surface area contributed by atoms with Gasteiger partial charge in [0.15, 0.2) is 0 Å². The van der Waals surface area contributed by atoms with E-state index in [9.17, 15) is 4.39 Å². The number of hydrogen-bond acceptors (Lipinski definition) is 2. The molecule has 0 aliphatic rings. The van der Waals surface area contributed by atoms with E-state index in [1.807, 2.05) is 24.3 Å². The van der Waals surface area contributed by atoms with E-state index in [2.05, 4.69) is 5.32 Å². The summed E-state index contributed by atoms with van der Waals surface area (Å²) in [7, 11) is 1.64. The largest absolute Gasteiger partial charge is 0.496 e. The Bertz CT molecular complexity index is 299. The summed E-state index contributed by atoms with van der Waals surface area (Å²) >= 11 is 0. The molecular formula is C11H14FNO. The van der Waals surface area contributed by atoms with E-state index in [0.717, 1.165) is 11.3 Å². The van der Waals surface area contributed by atoms with Crippen LogP contribution in [0.3, 0.4) is 0 Å². The van der Waals surface area contributed by atoms with Gasteiger partial charge in [-0.2, -0.15) is 0 Å². The lowest BCUT2D eigenvalue weighted by Gasteiger charge is -2.07. The fourth-order valence-corrected chi connectivity index (χ4v) is 1.18. The molecule has 3 heteroatoms. The summed E-state index contributed by atoms with van der Waals surface area (Å²) in [6.07, 6.45) is 1.96. The summed E-state index contributed by atoms with van der Waals surface area (Å²) < 4.78 is 16.8. The van der Waals surface area contributed by atoms with Gasteiger partial charge in [-0.3, -0.25) is 0 Å². The number of hydrogen-bond donors (Lipinski definition) is 1. The highest BCUT2D eigenvalue weighted by Crippen LogP contribution is 2.16. The van der Waals surface area contributed by atoms with Gasteiger partial charge in [0.2, 0.25) is 0 Å². The maximum Gasteiger partial charge on any atom is 0.123 e. The molecular weight excluding hydrogens is 181 g/mol. The predicted molar refractivity (Wildman–Crippen MR) is 54.9 cm³/mol. The Balaban J connectivity index is 2.49. The van der Waals surface area contributed by atoms with E-state index in [0.29, 0.717) is 19.4 Å². The number of benzene rings is 1. The summed E-state index contributed by atoms with van der Waals surface area (Å²) in [5.41, 5.74) is 1.07. The lowest BCUT2D eigenvalue weighted by atomic mass is 10.2. The first-order valence-electron chi connectivity index (χ1n) is 4.46. The molecule has 0 saturated carbocycles. The van der Waals surface area contributed by atoms with Crippen molar-refractivity contribution in [2.45, 2.75) is 6.54 Å². The molecule has 0 aliphatic heterocycles. The lowest BCUT2D eigenvalue weighted by Crippen LogP contribution is -2.13. The third-order valence-corrected chi connectivity index (χ3v) is 1.86. The van der Waals surface area contributed by atoms with Crippen molar-refractivity contribution in [3.05, 3.63) is 42.2 Å². The van der Waals surface area contributed by atoms with Crippen LogP contribution in [0.25, 0.3) is 0 Å². The molecule has 0 heterocycles. The molecule has 0 atom stereocenters. The van der Waals surface area contributed by atoms with Gasteiger partial charge in [-0.05, 0) is 12.1 Å². The molecule has 1 rings (SSSR count). The van der Waals surface area contributed by atoms with E-state index in [-0.39, 0.29) is 0 Å². The third-order valence-electron chi connectivity index (χ3n) is 1.86. The molecule has 2 nitrogen and oxygen atoms in total. The highest BCUT2D eigenvalue weighted by molar-refractivity contribution is 5.32. The van der Waals surface area contributed by atoms with E-state index < -0.39 is 0 Å². The molecule has 0 saturated heterocycles. The maximum atomic E-state index is 11.6. The average Bonchev–Trinajstić information content (AvgIpc) is 2.25. The van der Waals surface area contributed by atoms with E-state index >= 15 is 0 Å². The minimum Gasteiger partial charge on any atom is -0.496 e. The minimum atomic E-state index is 0.522. The second kappa shape index (κ2) is 6.16. The van der Waals surface area contributed by atoms with Gasteiger partial charge in [-0.15, -0.1) is 0 Å². The Hall–Kier alpha value is -1.35. The van der Waals surface area contributed by atoms with Crippen LogP contribution in [0.5, 0.6) is 5.75 Å². The van der Waals surface area contributed by atoms with Crippen LogP contribution in [-0.2, 0) is 6.54 Å². The number of nitrogens with one attached hydrogen (secondary N) is 1. The standard InChI is InChI=1S/C11H14FNO/c1-14-11-6-3-2-5-10(11)9-13-8-4-7-12/h2-7,13H,8-9H2,1H3. The monoisotopic (exact) mass is 195 g/mol. The zero-order valence-electron chi connectivity index (χ0n) is 8.16.